The Morgan fingerprint density at radius 1 is 0.926 bits per heavy atom. The number of nitrogens with one attached hydrogen (secondary N) is 1. The van der Waals surface area contributed by atoms with Gasteiger partial charge in [-0.25, -0.2) is 13.1 Å². The SMILES string of the molecule is COc1ccc(CNS(=O)(=O)c2ccc3c(c2)OCCO3)c(OC)c1OC. The molecule has 146 valence electrons. The largest absolute Gasteiger partial charge is 0.493 e. The van der Waals surface area contributed by atoms with E-state index < -0.39 is 10.0 Å². The number of hydrogen-bond acceptors (Lipinski definition) is 7. The number of sulfonamides is 1. The zero-order chi connectivity index (χ0) is 19.4. The molecular weight excluding hydrogens is 374 g/mol. The van der Waals surface area contributed by atoms with Crippen molar-refractivity contribution in [3.8, 4) is 28.7 Å². The first kappa shape index (κ1) is 19.1. The van der Waals surface area contributed by atoms with E-state index in [1.54, 1.807) is 18.2 Å². The van der Waals surface area contributed by atoms with Gasteiger partial charge in [0.05, 0.1) is 26.2 Å². The molecule has 2 aromatic carbocycles. The molecule has 0 aliphatic carbocycles. The Hall–Kier alpha value is -2.65. The molecule has 8 nitrogen and oxygen atoms in total. The molecule has 0 amide bonds. The van der Waals surface area contributed by atoms with Crippen molar-refractivity contribution in [3.05, 3.63) is 35.9 Å². The van der Waals surface area contributed by atoms with Crippen molar-refractivity contribution in [2.45, 2.75) is 11.4 Å². The number of rotatable bonds is 7. The summed E-state index contributed by atoms with van der Waals surface area (Å²) in [5.74, 6) is 2.24. The summed E-state index contributed by atoms with van der Waals surface area (Å²) in [6.45, 7) is 0.837. The van der Waals surface area contributed by atoms with Crippen LogP contribution >= 0.6 is 0 Å². The fraction of sp³-hybridized carbons (Fsp3) is 0.333. The molecule has 0 bridgehead atoms. The Kier molecular flexibility index (Phi) is 5.62. The predicted molar refractivity (Wildman–Crippen MR) is 97.6 cm³/mol. The van der Waals surface area contributed by atoms with Gasteiger partial charge in [0.25, 0.3) is 0 Å². The van der Waals surface area contributed by atoms with Crippen molar-refractivity contribution in [2.24, 2.45) is 0 Å². The van der Waals surface area contributed by atoms with Crippen molar-refractivity contribution < 1.29 is 32.1 Å². The summed E-state index contributed by atoms with van der Waals surface area (Å²) in [6, 6.07) is 7.91. The lowest BCUT2D eigenvalue weighted by molar-refractivity contribution is 0.171. The van der Waals surface area contributed by atoms with Crippen LogP contribution in [0.25, 0.3) is 0 Å². The third kappa shape index (κ3) is 3.88. The van der Waals surface area contributed by atoms with Crippen LogP contribution in [0.3, 0.4) is 0 Å². The van der Waals surface area contributed by atoms with E-state index in [0.717, 1.165) is 0 Å². The highest BCUT2D eigenvalue weighted by Crippen LogP contribution is 2.40. The molecule has 1 aliphatic heterocycles. The maximum Gasteiger partial charge on any atom is 0.241 e. The third-order valence-electron chi connectivity index (χ3n) is 4.06. The average Bonchev–Trinajstić information content (AvgIpc) is 2.70. The summed E-state index contributed by atoms with van der Waals surface area (Å²) in [5.41, 5.74) is 0.608. The molecule has 1 N–H and O–H groups in total. The lowest BCUT2D eigenvalue weighted by atomic mass is 10.1. The highest BCUT2D eigenvalue weighted by molar-refractivity contribution is 7.89. The van der Waals surface area contributed by atoms with Crippen LogP contribution in [-0.2, 0) is 16.6 Å². The number of ether oxygens (including phenoxy) is 5. The summed E-state index contributed by atoms with van der Waals surface area (Å²) >= 11 is 0. The minimum Gasteiger partial charge on any atom is -0.493 e. The standard InChI is InChI=1S/C18H21NO7S/c1-22-15-6-4-12(17(23-2)18(15)24-3)11-19-27(20,21)13-5-7-14-16(10-13)26-9-8-25-14/h4-7,10,19H,8-9,11H2,1-3H3. The van der Waals surface area contributed by atoms with Gasteiger partial charge in [-0.15, -0.1) is 0 Å². The fourth-order valence-corrected chi connectivity index (χ4v) is 3.77. The first-order valence-corrected chi connectivity index (χ1v) is 9.65. The normalized spacial score (nSPS) is 13.1. The molecule has 27 heavy (non-hydrogen) atoms. The van der Waals surface area contributed by atoms with E-state index >= 15 is 0 Å². The molecule has 2 aromatic rings. The number of hydrogen-bond donors (Lipinski definition) is 1. The zero-order valence-corrected chi connectivity index (χ0v) is 16.1. The average molecular weight is 395 g/mol. The van der Waals surface area contributed by atoms with Gasteiger partial charge < -0.3 is 23.7 Å². The van der Waals surface area contributed by atoms with Gasteiger partial charge in [-0.05, 0) is 18.2 Å². The lowest BCUT2D eigenvalue weighted by Gasteiger charge is -2.19. The van der Waals surface area contributed by atoms with Crippen molar-refractivity contribution in [3.63, 3.8) is 0 Å². The second-order valence-corrected chi connectivity index (χ2v) is 7.39. The highest BCUT2D eigenvalue weighted by Gasteiger charge is 2.21. The molecule has 0 saturated heterocycles. The highest BCUT2D eigenvalue weighted by atomic mass is 32.2. The molecule has 0 aromatic heterocycles. The fourth-order valence-electron chi connectivity index (χ4n) is 2.75. The molecule has 0 fully saturated rings. The minimum absolute atomic E-state index is 0.0142. The van der Waals surface area contributed by atoms with E-state index in [2.05, 4.69) is 4.72 Å². The van der Waals surface area contributed by atoms with Gasteiger partial charge in [0.1, 0.15) is 13.2 Å². The van der Waals surface area contributed by atoms with Gasteiger partial charge in [-0.2, -0.15) is 0 Å². The second kappa shape index (κ2) is 7.93. The smallest absolute Gasteiger partial charge is 0.241 e. The van der Waals surface area contributed by atoms with Crippen LogP contribution in [0, 0.1) is 0 Å². The Morgan fingerprint density at radius 3 is 2.30 bits per heavy atom. The van der Waals surface area contributed by atoms with E-state index in [1.165, 1.54) is 33.5 Å². The summed E-state index contributed by atoms with van der Waals surface area (Å²) in [6.07, 6.45) is 0. The zero-order valence-electron chi connectivity index (χ0n) is 15.3. The number of fused-ring (bicyclic) bond motifs is 1. The topological polar surface area (TPSA) is 92.3 Å². The Balaban J connectivity index is 1.83. The molecule has 0 radical (unpaired) electrons. The molecule has 3 rings (SSSR count). The molecule has 0 unspecified atom stereocenters. The monoisotopic (exact) mass is 395 g/mol. The maximum atomic E-state index is 12.7. The van der Waals surface area contributed by atoms with Crippen LogP contribution in [0.5, 0.6) is 28.7 Å². The summed E-state index contributed by atoms with van der Waals surface area (Å²) in [7, 11) is 0.722. The van der Waals surface area contributed by atoms with Crippen LogP contribution in [-0.4, -0.2) is 43.0 Å². The van der Waals surface area contributed by atoms with E-state index in [-0.39, 0.29) is 11.4 Å². The van der Waals surface area contributed by atoms with Crippen LogP contribution in [0.4, 0.5) is 0 Å². The number of methoxy groups -OCH3 is 3. The first-order chi connectivity index (χ1) is 13.0. The van der Waals surface area contributed by atoms with E-state index in [9.17, 15) is 8.42 Å². The Bertz CT molecular complexity index is 928. The van der Waals surface area contributed by atoms with Crippen molar-refractivity contribution in [1.82, 2.24) is 4.72 Å². The third-order valence-corrected chi connectivity index (χ3v) is 5.46. The predicted octanol–water partition coefficient (Wildman–Crippen LogP) is 1.96. The van der Waals surface area contributed by atoms with Crippen molar-refractivity contribution in [2.75, 3.05) is 34.5 Å². The van der Waals surface area contributed by atoms with Gasteiger partial charge in [0.2, 0.25) is 15.8 Å². The van der Waals surface area contributed by atoms with E-state index in [1.807, 2.05) is 0 Å². The molecule has 0 saturated carbocycles. The molecule has 1 aliphatic rings. The van der Waals surface area contributed by atoms with E-state index in [4.69, 9.17) is 23.7 Å². The van der Waals surface area contributed by atoms with Gasteiger partial charge >= 0.3 is 0 Å². The number of benzene rings is 2. The van der Waals surface area contributed by atoms with Gasteiger partial charge in [-0.3, -0.25) is 0 Å². The van der Waals surface area contributed by atoms with Crippen LogP contribution < -0.4 is 28.4 Å². The van der Waals surface area contributed by atoms with E-state index in [0.29, 0.717) is 47.5 Å². The molecule has 9 heteroatoms. The van der Waals surface area contributed by atoms with Crippen LogP contribution in [0.15, 0.2) is 35.2 Å². The summed E-state index contributed by atoms with van der Waals surface area (Å²) < 4.78 is 54.7. The van der Waals surface area contributed by atoms with Crippen LogP contribution in [0.1, 0.15) is 5.56 Å². The van der Waals surface area contributed by atoms with Crippen LogP contribution in [0.2, 0.25) is 0 Å². The molecule has 0 atom stereocenters. The second-order valence-electron chi connectivity index (χ2n) is 5.62. The van der Waals surface area contributed by atoms with Gasteiger partial charge in [0, 0.05) is 18.2 Å². The molecular formula is C18H21NO7S. The Morgan fingerprint density at radius 2 is 1.63 bits per heavy atom. The van der Waals surface area contributed by atoms with Gasteiger partial charge in [0.15, 0.2) is 23.0 Å². The summed E-state index contributed by atoms with van der Waals surface area (Å²) in [4.78, 5) is 0.0891. The van der Waals surface area contributed by atoms with Crippen molar-refractivity contribution in [1.29, 1.82) is 0 Å². The van der Waals surface area contributed by atoms with Gasteiger partial charge in [-0.1, -0.05) is 6.07 Å². The Labute approximate surface area is 158 Å². The molecule has 0 spiro atoms. The first-order valence-electron chi connectivity index (χ1n) is 8.17. The van der Waals surface area contributed by atoms with Crippen molar-refractivity contribution >= 4 is 10.0 Å². The maximum absolute atomic E-state index is 12.7. The lowest BCUT2D eigenvalue weighted by Crippen LogP contribution is -2.24. The minimum atomic E-state index is -3.77. The summed E-state index contributed by atoms with van der Waals surface area (Å²) in [5, 5.41) is 0. The molecule has 1 heterocycles. The quantitative estimate of drug-likeness (QED) is 0.766.